The number of ether oxygens (including phenoxy) is 1. The number of alkyl halides is 2. The normalized spacial score (nSPS) is 22.8. The van der Waals surface area contributed by atoms with Gasteiger partial charge in [0.05, 0.1) is 30.0 Å². The Morgan fingerprint density at radius 2 is 2.00 bits per heavy atom. The smallest absolute Gasteiger partial charge is 0.325 e. The Morgan fingerprint density at radius 3 is 2.65 bits per heavy atom. The van der Waals surface area contributed by atoms with Crippen molar-refractivity contribution in [1.29, 1.82) is 0 Å². The zero-order valence-electron chi connectivity index (χ0n) is 18.7. The molecule has 3 aromatic rings. The van der Waals surface area contributed by atoms with Crippen LogP contribution in [0, 0.1) is 5.92 Å². The number of aliphatic hydroxyl groups is 1. The molecule has 1 amide bonds. The summed E-state index contributed by atoms with van der Waals surface area (Å²) in [6.45, 7) is 0. The number of fused-ring (bicyclic) bond motifs is 1. The number of nitrogens with one attached hydrogen (secondary N) is 1. The Morgan fingerprint density at radius 1 is 1.26 bits per heavy atom. The van der Waals surface area contributed by atoms with Crippen LogP contribution in [0.4, 0.5) is 14.5 Å². The van der Waals surface area contributed by atoms with Crippen LogP contribution in [0.15, 0.2) is 36.5 Å². The molecule has 2 fully saturated rings. The molecular formula is C24H27F2N4O4+. The van der Waals surface area contributed by atoms with E-state index in [1.54, 1.807) is 12.1 Å². The van der Waals surface area contributed by atoms with E-state index in [0.29, 0.717) is 22.9 Å². The molecule has 0 saturated heterocycles. The number of amides is 1. The van der Waals surface area contributed by atoms with Crippen molar-refractivity contribution >= 4 is 22.5 Å². The van der Waals surface area contributed by atoms with Crippen molar-refractivity contribution in [3.63, 3.8) is 0 Å². The van der Waals surface area contributed by atoms with Crippen LogP contribution in [0.3, 0.4) is 0 Å². The molecule has 0 radical (unpaired) electrons. The van der Waals surface area contributed by atoms with Crippen molar-refractivity contribution in [3.05, 3.63) is 47.9 Å². The van der Waals surface area contributed by atoms with Gasteiger partial charge in [-0.3, -0.25) is 14.7 Å². The summed E-state index contributed by atoms with van der Waals surface area (Å²) in [5.74, 6) is 0.0357. The molecule has 10 heteroatoms. The molecule has 2 heterocycles. The largest absolute Gasteiger partial charge is 0.494 e. The summed E-state index contributed by atoms with van der Waals surface area (Å²) in [6, 6.07) is 7.16. The van der Waals surface area contributed by atoms with Crippen LogP contribution in [0.2, 0.25) is 0 Å². The van der Waals surface area contributed by atoms with Gasteiger partial charge in [-0.15, -0.1) is 0 Å². The summed E-state index contributed by atoms with van der Waals surface area (Å²) in [7, 11) is 1.46. The van der Waals surface area contributed by atoms with Gasteiger partial charge in [-0.05, 0) is 56.6 Å². The summed E-state index contributed by atoms with van der Waals surface area (Å²) >= 11 is 0. The molecule has 2 saturated carbocycles. The fourth-order valence-corrected chi connectivity index (χ4v) is 4.96. The standard InChI is InChI=1S/C24H26F2N4O4/c1-34-21-12-17-14(13-29(28-17)16-7-9-24(32,10-8-16)15-5-6-15)11-18(21)27-23(31)20-4-2-3-19(22(25)26)30(20)33/h2-4,11-13,15-16,22,32H,5-10H2,1H3,(H-,27,31,33)/p+1/t16-,24-. The molecule has 1 aromatic carbocycles. The number of carbonyl (C=O) groups excluding carboxylic acids is 1. The Hall–Kier alpha value is -3.27. The van der Waals surface area contributed by atoms with Gasteiger partial charge in [0, 0.05) is 34.5 Å². The number of aromatic nitrogens is 3. The minimum Gasteiger partial charge on any atom is -0.494 e. The average Bonchev–Trinajstić information content (AvgIpc) is 3.60. The SMILES string of the molecule is COc1cc2nn([C@H]3CC[C@@](O)(C4CC4)CC3)cc2cc1NC(=O)c1cccc(C(F)F)[n+]1O. The lowest BCUT2D eigenvalue weighted by molar-refractivity contribution is -0.912. The maximum absolute atomic E-state index is 13.1. The summed E-state index contributed by atoms with van der Waals surface area (Å²) in [4.78, 5) is 12.8. The Kier molecular flexibility index (Phi) is 5.63. The van der Waals surface area contributed by atoms with E-state index in [4.69, 9.17) is 9.84 Å². The third kappa shape index (κ3) is 4.06. The molecule has 2 aromatic heterocycles. The van der Waals surface area contributed by atoms with Gasteiger partial charge in [-0.2, -0.15) is 13.9 Å². The summed E-state index contributed by atoms with van der Waals surface area (Å²) in [6.07, 6.45) is 4.42. The molecule has 2 aliphatic carbocycles. The minimum atomic E-state index is -2.94. The fourth-order valence-electron chi connectivity index (χ4n) is 4.96. The molecule has 0 aliphatic heterocycles. The summed E-state index contributed by atoms with van der Waals surface area (Å²) in [5, 5.41) is 29.0. The number of anilines is 1. The molecule has 5 rings (SSSR count). The molecular weight excluding hydrogens is 446 g/mol. The number of rotatable bonds is 6. The van der Waals surface area contributed by atoms with Gasteiger partial charge in [0.1, 0.15) is 5.75 Å². The zero-order valence-corrected chi connectivity index (χ0v) is 18.7. The van der Waals surface area contributed by atoms with Crippen molar-refractivity contribution in [3.8, 4) is 5.75 Å². The topological polar surface area (TPSA) is 100 Å². The van der Waals surface area contributed by atoms with Crippen molar-refractivity contribution in [2.45, 2.75) is 56.6 Å². The van der Waals surface area contributed by atoms with Crippen LogP contribution < -0.4 is 14.8 Å². The molecule has 0 bridgehead atoms. The fraction of sp³-hybridized carbons (Fsp3) is 0.458. The predicted molar refractivity (Wildman–Crippen MR) is 118 cm³/mol. The monoisotopic (exact) mass is 473 g/mol. The van der Waals surface area contributed by atoms with E-state index in [1.807, 2.05) is 10.9 Å². The Labute approximate surface area is 194 Å². The van der Waals surface area contributed by atoms with Crippen LogP contribution in [0.5, 0.6) is 5.75 Å². The van der Waals surface area contributed by atoms with Gasteiger partial charge in [-0.1, -0.05) is 0 Å². The van der Waals surface area contributed by atoms with E-state index < -0.39 is 23.6 Å². The highest BCUT2D eigenvalue weighted by Gasteiger charge is 2.45. The van der Waals surface area contributed by atoms with Gasteiger partial charge in [0.2, 0.25) is 0 Å². The van der Waals surface area contributed by atoms with Crippen LogP contribution >= 0.6 is 0 Å². The van der Waals surface area contributed by atoms with Crippen LogP contribution in [0.1, 0.15) is 67.2 Å². The van der Waals surface area contributed by atoms with Gasteiger partial charge in [0.25, 0.3) is 0 Å². The maximum atomic E-state index is 13.1. The first-order chi connectivity index (χ1) is 16.3. The third-order valence-corrected chi connectivity index (χ3v) is 7.07. The molecule has 0 spiro atoms. The van der Waals surface area contributed by atoms with Crippen molar-refractivity contribution in [2.24, 2.45) is 5.92 Å². The van der Waals surface area contributed by atoms with Crippen molar-refractivity contribution in [1.82, 2.24) is 9.78 Å². The van der Waals surface area contributed by atoms with Crippen molar-refractivity contribution in [2.75, 3.05) is 12.4 Å². The minimum absolute atomic E-state index is 0.181. The number of pyridine rings is 1. The van der Waals surface area contributed by atoms with E-state index in [-0.39, 0.29) is 16.5 Å². The summed E-state index contributed by atoms with van der Waals surface area (Å²) < 4.78 is 33.7. The Bertz CT molecular complexity index is 1230. The van der Waals surface area contributed by atoms with Gasteiger partial charge in [-0.25, -0.2) is 0 Å². The lowest BCUT2D eigenvalue weighted by atomic mass is 9.79. The van der Waals surface area contributed by atoms with E-state index in [2.05, 4.69) is 5.32 Å². The quantitative estimate of drug-likeness (QED) is 0.371. The van der Waals surface area contributed by atoms with E-state index in [9.17, 15) is 23.9 Å². The van der Waals surface area contributed by atoms with Crippen LogP contribution in [0.25, 0.3) is 10.9 Å². The van der Waals surface area contributed by atoms with Crippen LogP contribution in [-0.4, -0.2) is 38.7 Å². The summed E-state index contributed by atoms with van der Waals surface area (Å²) in [5.41, 5.74) is -0.531. The number of hydrogen-bond donors (Lipinski definition) is 3. The predicted octanol–water partition coefficient (Wildman–Crippen LogP) is 4.02. The number of carbonyl (C=O) groups is 1. The molecule has 0 atom stereocenters. The number of methoxy groups -OCH3 is 1. The highest BCUT2D eigenvalue weighted by molar-refractivity contribution is 6.04. The number of halogens is 2. The van der Waals surface area contributed by atoms with E-state index in [0.717, 1.165) is 50.0 Å². The Balaban J connectivity index is 1.38. The lowest BCUT2D eigenvalue weighted by Gasteiger charge is -2.36. The van der Waals surface area contributed by atoms with Crippen molar-refractivity contribution < 1.29 is 33.4 Å². The molecule has 8 nitrogen and oxygen atoms in total. The highest BCUT2D eigenvalue weighted by Crippen LogP contribution is 2.49. The average molecular weight is 474 g/mol. The van der Waals surface area contributed by atoms with Gasteiger partial charge >= 0.3 is 23.7 Å². The first-order valence-corrected chi connectivity index (χ1v) is 11.4. The third-order valence-electron chi connectivity index (χ3n) is 7.07. The molecule has 0 unspecified atom stereocenters. The molecule has 2 aliphatic rings. The lowest BCUT2D eigenvalue weighted by Crippen LogP contribution is -2.43. The second kappa shape index (κ2) is 8.50. The maximum Gasteiger partial charge on any atom is 0.325 e. The number of benzene rings is 1. The van der Waals surface area contributed by atoms with Gasteiger partial charge in [0.15, 0.2) is 0 Å². The number of nitrogens with zero attached hydrogens (tertiary/aromatic N) is 3. The molecule has 3 N–H and O–H groups in total. The van der Waals surface area contributed by atoms with Gasteiger partial charge < -0.3 is 15.2 Å². The second-order valence-corrected chi connectivity index (χ2v) is 9.23. The first kappa shape index (κ1) is 22.5. The molecule has 34 heavy (non-hydrogen) atoms. The zero-order chi connectivity index (χ0) is 24.0. The second-order valence-electron chi connectivity index (χ2n) is 9.23. The van der Waals surface area contributed by atoms with E-state index in [1.165, 1.54) is 19.2 Å². The number of hydrogen-bond acceptors (Lipinski definition) is 5. The molecule has 180 valence electrons. The van der Waals surface area contributed by atoms with E-state index >= 15 is 0 Å². The first-order valence-electron chi connectivity index (χ1n) is 11.4. The highest BCUT2D eigenvalue weighted by atomic mass is 19.3. The van der Waals surface area contributed by atoms with Crippen LogP contribution in [-0.2, 0) is 0 Å².